The van der Waals surface area contributed by atoms with E-state index in [1.165, 1.54) is 0 Å². The molecule has 0 saturated carbocycles. The maximum Gasteiger partial charge on any atom is 2.00 e. The van der Waals surface area contributed by atoms with Crippen LogP contribution in [0.4, 0.5) is 0 Å². The molecule has 1 aromatic rings. The molecule has 1 aromatic carbocycles. The Hall–Kier alpha value is 0.483. The van der Waals surface area contributed by atoms with Gasteiger partial charge in [0.05, 0.1) is 0 Å². The van der Waals surface area contributed by atoms with Crippen molar-refractivity contribution in [1.29, 1.82) is 0 Å². The molecule has 44 valence electrons. The molecule has 0 fully saturated rings. The SMILES string of the molecule is Sc1c[c-]ccc1.[Cl-].[Zn+2]. The van der Waals surface area contributed by atoms with E-state index in [0.717, 1.165) is 4.90 Å². The van der Waals surface area contributed by atoms with Crippen molar-refractivity contribution in [3.63, 3.8) is 0 Å². The van der Waals surface area contributed by atoms with Gasteiger partial charge in [-0.15, -0.1) is 4.90 Å². The minimum absolute atomic E-state index is 0. The smallest absolute Gasteiger partial charge is 1.00 e. The first-order valence-electron chi connectivity index (χ1n) is 2.04. The summed E-state index contributed by atoms with van der Waals surface area (Å²) in [5.41, 5.74) is 0. The molecule has 0 aromatic heterocycles. The van der Waals surface area contributed by atoms with E-state index in [9.17, 15) is 0 Å². The van der Waals surface area contributed by atoms with E-state index in [4.69, 9.17) is 0 Å². The topological polar surface area (TPSA) is 0 Å². The minimum Gasteiger partial charge on any atom is -1.00 e. The fourth-order valence-corrected chi connectivity index (χ4v) is 0.544. The van der Waals surface area contributed by atoms with Crippen LogP contribution in [0, 0.1) is 6.07 Å². The summed E-state index contributed by atoms with van der Waals surface area (Å²) >= 11 is 4.05. The van der Waals surface area contributed by atoms with E-state index in [-0.39, 0.29) is 31.9 Å². The summed E-state index contributed by atoms with van der Waals surface area (Å²) < 4.78 is 0. The molecule has 9 heavy (non-hydrogen) atoms. The fourth-order valence-electron chi connectivity index (χ4n) is 0.384. The zero-order chi connectivity index (χ0) is 5.11. The standard InChI is InChI=1S/C6H5S.ClH.Zn/c7-6-4-2-1-3-5-6;;/h1-2,4-5,7H;1H;/q-1;;+2/p-1. The van der Waals surface area contributed by atoms with Crippen molar-refractivity contribution in [2.75, 3.05) is 0 Å². The second-order valence-electron chi connectivity index (χ2n) is 1.26. The molecular weight excluding hydrogens is 205 g/mol. The van der Waals surface area contributed by atoms with Crippen molar-refractivity contribution in [3.8, 4) is 0 Å². The molecular formula is C6H5ClSZn. The monoisotopic (exact) mass is 208 g/mol. The van der Waals surface area contributed by atoms with Crippen LogP contribution in [-0.4, -0.2) is 0 Å². The Morgan fingerprint density at radius 2 is 2.11 bits per heavy atom. The Morgan fingerprint density at radius 1 is 1.44 bits per heavy atom. The molecule has 0 aliphatic heterocycles. The predicted molar refractivity (Wildman–Crippen MR) is 32.5 cm³/mol. The van der Waals surface area contributed by atoms with Gasteiger partial charge in [0, 0.05) is 0 Å². The average Bonchev–Trinajstić information content (AvgIpc) is 1.69. The number of benzene rings is 1. The summed E-state index contributed by atoms with van der Waals surface area (Å²) in [4.78, 5) is 0.961. The number of halogens is 1. The normalized spacial score (nSPS) is 6.78. The van der Waals surface area contributed by atoms with Crippen LogP contribution in [0.1, 0.15) is 0 Å². The first-order chi connectivity index (χ1) is 3.39. The van der Waals surface area contributed by atoms with Gasteiger partial charge < -0.3 is 12.4 Å². The first-order valence-corrected chi connectivity index (χ1v) is 2.49. The van der Waals surface area contributed by atoms with Crippen LogP contribution in [-0.2, 0) is 19.5 Å². The van der Waals surface area contributed by atoms with E-state index in [1.807, 2.05) is 24.3 Å². The van der Waals surface area contributed by atoms with Crippen molar-refractivity contribution in [3.05, 3.63) is 30.3 Å². The Kier molecular flexibility index (Phi) is 8.94. The first kappa shape index (κ1) is 12.2. The van der Waals surface area contributed by atoms with Crippen LogP contribution in [0.5, 0.6) is 0 Å². The maximum absolute atomic E-state index is 4.05. The van der Waals surface area contributed by atoms with Gasteiger partial charge in [0.2, 0.25) is 0 Å². The average molecular weight is 210 g/mol. The molecule has 0 aliphatic rings. The van der Waals surface area contributed by atoms with Crippen molar-refractivity contribution in [1.82, 2.24) is 0 Å². The van der Waals surface area contributed by atoms with E-state index >= 15 is 0 Å². The van der Waals surface area contributed by atoms with Gasteiger partial charge in [0.1, 0.15) is 0 Å². The molecule has 0 nitrogen and oxygen atoms in total. The Bertz CT molecular complexity index is 143. The summed E-state index contributed by atoms with van der Waals surface area (Å²) in [7, 11) is 0. The van der Waals surface area contributed by atoms with E-state index in [2.05, 4.69) is 18.7 Å². The summed E-state index contributed by atoms with van der Waals surface area (Å²) in [6.07, 6.45) is 0. The van der Waals surface area contributed by atoms with E-state index in [1.54, 1.807) is 0 Å². The third-order valence-corrected chi connectivity index (χ3v) is 0.969. The largest absolute Gasteiger partial charge is 2.00 e. The van der Waals surface area contributed by atoms with Crippen molar-refractivity contribution < 1.29 is 31.9 Å². The van der Waals surface area contributed by atoms with Crippen LogP contribution in [0.25, 0.3) is 0 Å². The van der Waals surface area contributed by atoms with E-state index in [0.29, 0.717) is 0 Å². The van der Waals surface area contributed by atoms with Crippen molar-refractivity contribution in [2.24, 2.45) is 0 Å². The summed E-state index contributed by atoms with van der Waals surface area (Å²) in [6.45, 7) is 0. The second kappa shape index (κ2) is 6.60. The fraction of sp³-hybridized carbons (Fsp3) is 0. The summed E-state index contributed by atoms with van der Waals surface area (Å²) in [5.74, 6) is 0. The number of hydrogen-bond acceptors (Lipinski definition) is 1. The molecule has 0 radical (unpaired) electrons. The quantitative estimate of drug-likeness (QED) is 0.309. The molecule has 3 heteroatoms. The van der Waals surface area contributed by atoms with E-state index < -0.39 is 0 Å². The third-order valence-electron chi connectivity index (χ3n) is 0.691. The molecule has 0 atom stereocenters. The van der Waals surface area contributed by atoms with Crippen LogP contribution in [0.2, 0.25) is 0 Å². The van der Waals surface area contributed by atoms with Gasteiger partial charge in [0.25, 0.3) is 0 Å². The molecule has 0 N–H and O–H groups in total. The number of hydrogen-bond donors (Lipinski definition) is 1. The third kappa shape index (κ3) is 4.95. The molecule has 1 rings (SSSR count). The minimum atomic E-state index is 0. The van der Waals surface area contributed by atoms with Gasteiger partial charge in [0.15, 0.2) is 0 Å². The van der Waals surface area contributed by atoms with Gasteiger partial charge in [-0.3, -0.25) is 0 Å². The van der Waals surface area contributed by atoms with Gasteiger partial charge in [-0.2, -0.15) is 30.3 Å². The van der Waals surface area contributed by atoms with Gasteiger partial charge in [-0.05, 0) is 0 Å². The number of rotatable bonds is 0. The van der Waals surface area contributed by atoms with Crippen molar-refractivity contribution in [2.45, 2.75) is 4.90 Å². The molecule has 0 amide bonds. The molecule has 0 aliphatic carbocycles. The molecule has 0 spiro atoms. The molecule has 0 saturated heterocycles. The Morgan fingerprint density at radius 3 is 2.33 bits per heavy atom. The van der Waals surface area contributed by atoms with Crippen LogP contribution in [0.15, 0.2) is 29.2 Å². The van der Waals surface area contributed by atoms with Crippen LogP contribution >= 0.6 is 12.6 Å². The molecule has 0 bridgehead atoms. The van der Waals surface area contributed by atoms with Gasteiger partial charge in [-0.25, -0.2) is 12.6 Å². The molecule has 0 heterocycles. The Labute approximate surface area is 79.6 Å². The predicted octanol–water partition coefficient (Wildman–Crippen LogP) is -1.22. The van der Waals surface area contributed by atoms with Crippen LogP contribution < -0.4 is 12.4 Å². The summed E-state index contributed by atoms with van der Waals surface area (Å²) in [6, 6.07) is 10.4. The van der Waals surface area contributed by atoms with Crippen molar-refractivity contribution >= 4 is 12.6 Å². The van der Waals surface area contributed by atoms with Gasteiger partial charge in [-0.1, -0.05) is 0 Å². The maximum atomic E-state index is 4.05. The van der Waals surface area contributed by atoms with Crippen LogP contribution in [0.3, 0.4) is 0 Å². The molecule has 0 unspecified atom stereocenters. The number of thiol groups is 1. The van der Waals surface area contributed by atoms with Gasteiger partial charge >= 0.3 is 19.5 Å². The second-order valence-corrected chi connectivity index (χ2v) is 1.78. The Balaban J connectivity index is 0. The summed E-state index contributed by atoms with van der Waals surface area (Å²) in [5, 5.41) is 0. The zero-order valence-electron chi connectivity index (χ0n) is 4.84. The zero-order valence-corrected chi connectivity index (χ0v) is 9.46.